The van der Waals surface area contributed by atoms with E-state index in [2.05, 4.69) is 12.2 Å². The monoisotopic (exact) mass is 281 g/mol. The zero-order valence-electron chi connectivity index (χ0n) is 11.3. The largest absolute Gasteiger partial charge is 0.486 e. The van der Waals surface area contributed by atoms with E-state index in [0.29, 0.717) is 19.0 Å². The molecule has 19 heavy (non-hydrogen) atoms. The Kier molecular flexibility index (Phi) is 4.96. The van der Waals surface area contributed by atoms with Crippen molar-refractivity contribution in [1.29, 1.82) is 0 Å². The summed E-state index contributed by atoms with van der Waals surface area (Å²) in [5, 5.41) is 2.95. The van der Waals surface area contributed by atoms with E-state index in [9.17, 15) is 4.79 Å². The molecular formula is C14H19NO3S. The smallest absolute Gasteiger partial charge is 0.230 e. The van der Waals surface area contributed by atoms with Gasteiger partial charge in [-0.15, -0.1) is 11.8 Å². The number of nitrogens with one attached hydrogen (secondary N) is 1. The zero-order chi connectivity index (χ0) is 13.7. The van der Waals surface area contributed by atoms with Crippen molar-refractivity contribution in [2.24, 2.45) is 0 Å². The Morgan fingerprint density at radius 2 is 2.11 bits per heavy atom. The molecule has 1 amide bonds. The molecule has 1 atom stereocenters. The molecule has 1 unspecified atom stereocenters. The molecule has 0 spiro atoms. The summed E-state index contributed by atoms with van der Waals surface area (Å²) < 4.78 is 11.0. The van der Waals surface area contributed by atoms with Gasteiger partial charge in [-0.2, -0.15) is 0 Å². The predicted octanol–water partition coefficient (Wildman–Crippen LogP) is 2.46. The van der Waals surface area contributed by atoms with Crippen molar-refractivity contribution in [2.45, 2.75) is 31.2 Å². The average molecular weight is 281 g/mol. The van der Waals surface area contributed by atoms with E-state index in [0.717, 1.165) is 22.8 Å². The van der Waals surface area contributed by atoms with Crippen molar-refractivity contribution in [3.63, 3.8) is 0 Å². The lowest BCUT2D eigenvalue weighted by Gasteiger charge is -2.18. The van der Waals surface area contributed by atoms with Gasteiger partial charge in [0, 0.05) is 10.9 Å². The molecule has 0 fully saturated rings. The molecule has 0 saturated carbocycles. The number of hydrogen-bond donors (Lipinski definition) is 1. The topological polar surface area (TPSA) is 47.6 Å². The van der Waals surface area contributed by atoms with Gasteiger partial charge in [-0.3, -0.25) is 4.79 Å². The molecule has 1 aromatic carbocycles. The van der Waals surface area contributed by atoms with E-state index in [-0.39, 0.29) is 11.9 Å². The summed E-state index contributed by atoms with van der Waals surface area (Å²) in [5.41, 5.74) is 0. The van der Waals surface area contributed by atoms with Gasteiger partial charge in [0.05, 0.1) is 5.75 Å². The van der Waals surface area contributed by atoms with Gasteiger partial charge in [-0.1, -0.05) is 6.92 Å². The number of amides is 1. The first-order chi connectivity index (χ1) is 9.19. The highest BCUT2D eigenvalue weighted by Gasteiger charge is 2.12. The molecule has 0 aromatic heterocycles. The Labute approximate surface area is 117 Å². The SMILES string of the molecule is CCC(C)NC(=O)CSc1ccc2c(c1)OCCO2. The normalized spacial score (nSPS) is 14.8. The van der Waals surface area contributed by atoms with Crippen LogP contribution in [0.2, 0.25) is 0 Å². The lowest BCUT2D eigenvalue weighted by Crippen LogP contribution is -2.33. The van der Waals surface area contributed by atoms with Crippen LogP contribution < -0.4 is 14.8 Å². The highest BCUT2D eigenvalue weighted by molar-refractivity contribution is 8.00. The van der Waals surface area contributed by atoms with Crippen molar-refractivity contribution in [3.05, 3.63) is 18.2 Å². The fourth-order valence-corrected chi connectivity index (χ4v) is 2.42. The van der Waals surface area contributed by atoms with Crippen LogP contribution in [-0.2, 0) is 4.79 Å². The van der Waals surface area contributed by atoms with Crippen LogP contribution in [0.25, 0.3) is 0 Å². The highest BCUT2D eigenvalue weighted by atomic mass is 32.2. The second-order valence-electron chi connectivity index (χ2n) is 4.47. The second-order valence-corrected chi connectivity index (χ2v) is 5.52. The summed E-state index contributed by atoms with van der Waals surface area (Å²) in [5.74, 6) is 2.02. The van der Waals surface area contributed by atoms with Crippen LogP contribution in [0.1, 0.15) is 20.3 Å². The number of hydrogen-bond acceptors (Lipinski definition) is 4. The van der Waals surface area contributed by atoms with Crippen LogP contribution in [-0.4, -0.2) is 30.9 Å². The van der Waals surface area contributed by atoms with Gasteiger partial charge in [0.1, 0.15) is 13.2 Å². The third-order valence-electron chi connectivity index (χ3n) is 2.90. The lowest BCUT2D eigenvalue weighted by molar-refractivity contribution is -0.119. The van der Waals surface area contributed by atoms with E-state index >= 15 is 0 Å². The Bertz CT molecular complexity index is 450. The molecule has 0 saturated heterocycles. The van der Waals surface area contributed by atoms with Crippen molar-refractivity contribution < 1.29 is 14.3 Å². The summed E-state index contributed by atoms with van der Waals surface area (Å²) in [6.07, 6.45) is 0.945. The third-order valence-corrected chi connectivity index (χ3v) is 3.90. The van der Waals surface area contributed by atoms with Crippen molar-refractivity contribution in [1.82, 2.24) is 5.32 Å². The number of thioether (sulfide) groups is 1. The lowest BCUT2D eigenvalue weighted by atomic mass is 10.3. The molecule has 0 radical (unpaired) electrons. The van der Waals surface area contributed by atoms with Gasteiger partial charge < -0.3 is 14.8 Å². The number of rotatable bonds is 5. The minimum Gasteiger partial charge on any atom is -0.486 e. The molecule has 2 rings (SSSR count). The molecule has 1 N–H and O–H groups in total. The van der Waals surface area contributed by atoms with Crippen molar-refractivity contribution in [2.75, 3.05) is 19.0 Å². The first-order valence-electron chi connectivity index (χ1n) is 6.51. The Morgan fingerprint density at radius 1 is 1.37 bits per heavy atom. The number of carbonyl (C=O) groups is 1. The Morgan fingerprint density at radius 3 is 2.84 bits per heavy atom. The molecule has 1 aromatic rings. The average Bonchev–Trinajstić information content (AvgIpc) is 2.44. The number of carbonyl (C=O) groups excluding carboxylic acids is 1. The van der Waals surface area contributed by atoms with Gasteiger partial charge in [0.25, 0.3) is 0 Å². The maximum absolute atomic E-state index is 11.7. The highest BCUT2D eigenvalue weighted by Crippen LogP contribution is 2.34. The first-order valence-corrected chi connectivity index (χ1v) is 7.49. The van der Waals surface area contributed by atoms with E-state index in [4.69, 9.17) is 9.47 Å². The molecular weight excluding hydrogens is 262 g/mol. The maximum Gasteiger partial charge on any atom is 0.230 e. The number of benzene rings is 1. The predicted molar refractivity (Wildman–Crippen MR) is 76.1 cm³/mol. The summed E-state index contributed by atoms with van der Waals surface area (Å²) in [4.78, 5) is 12.7. The Hall–Kier alpha value is -1.36. The first kappa shape index (κ1) is 14.1. The molecule has 4 nitrogen and oxygen atoms in total. The fraction of sp³-hybridized carbons (Fsp3) is 0.500. The number of fused-ring (bicyclic) bond motifs is 1. The summed E-state index contributed by atoms with van der Waals surface area (Å²) >= 11 is 1.51. The quantitative estimate of drug-likeness (QED) is 0.842. The maximum atomic E-state index is 11.7. The molecule has 1 aliphatic rings. The van der Waals surface area contributed by atoms with Crippen LogP contribution >= 0.6 is 11.8 Å². The molecule has 104 valence electrons. The summed E-state index contributed by atoms with van der Waals surface area (Å²) in [7, 11) is 0. The molecule has 0 bridgehead atoms. The molecule has 1 aliphatic heterocycles. The van der Waals surface area contributed by atoms with Crippen LogP contribution in [0.4, 0.5) is 0 Å². The molecule has 5 heteroatoms. The zero-order valence-corrected chi connectivity index (χ0v) is 12.1. The van der Waals surface area contributed by atoms with Gasteiger partial charge >= 0.3 is 0 Å². The van der Waals surface area contributed by atoms with E-state index in [1.165, 1.54) is 11.8 Å². The fourth-order valence-electron chi connectivity index (χ4n) is 1.68. The van der Waals surface area contributed by atoms with E-state index in [1.807, 2.05) is 25.1 Å². The third kappa shape index (κ3) is 4.06. The van der Waals surface area contributed by atoms with E-state index < -0.39 is 0 Å². The summed E-state index contributed by atoms with van der Waals surface area (Å²) in [6.45, 7) is 5.23. The van der Waals surface area contributed by atoms with Crippen LogP contribution in [0.5, 0.6) is 11.5 Å². The van der Waals surface area contributed by atoms with Crippen molar-refractivity contribution in [3.8, 4) is 11.5 Å². The Balaban J connectivity index is 1.87. The molecule has 0 aliphatic carbocycles. The van der Waals surface area contributed by atoms with Crippen LogP contribution in [0, 0.1) is 0 Å². The number of ether oxygens (including phenoxy) is 2. The van der Waals surface area contributed by atoms with Gasteiger partial charge in [-0.25, -0.2) is 0 Å². The summed E-state index contributed by atoms with van der Waals surface area (Å²) in [6, 6.07) is 6.00. The second kappa shape index (κ2) is 6.70. The van der Waals surface area contributed by atoms with Crippen LogP contribution in [0.3, 0.4) is 0 Å². The minimum atomic E-state index is 0.0641. The van der Waals surface area contributed by atoms with Gasteiger partial charge in [0.2, 0.25) is 5.91 Å². The van der Waals surface area contributed by atoms with Crippen LogP contribution in [0.15, 0.2) is 23.1 Å². The van der Waals surface area contributed by atoms with Crippen molar-refractivity contribution >= 4 is 17.7 Å². The van der Waals surface area contributed by atoms with Gasteiger partial charge in [-0.05, 0) is 31.5 Å². The minimum absolute atomic E-state index is 0.0641. The van der Waals surface area contributed by atoms with Gasteiger partial charge in [0.15, 0.2) is 11.5 Å². The molecule has 1 heterocycles. The van der Waals surface area contributed by atoms with E-state index in [1.54, 1.807) is 0 Å². The standard InChI is InChI=1S/C14H19NO3S/c1-3-10(2)15-14(16)9-19-11-4-5-12-13(8-11)18-7-6-17-12/h4-5,8,10H,3,6-7,9H2,1-2H3,(H,15,16).